The van der Waals surface area contributed by atoms with Gasteiger partial charge in [-0.1, -0.05) is 36.4 Å². The molecule has 0 bridgehead atoms. The van der Waals surface area contributed by atoms with E-state index in [0.717, 1.165) is 36.6 Å². The maximum atomic E-state index is 6.11. The van der Waals surface area contributed by atoms with Gasteiger partial charge in [0, 0.05) is 12.2 Å². The predicted octanol–water partition coefficient (Wildman–Crippen LogP) is 4.03. The van der Waals surface area contributed by atoms with Crippen LogP contribution in [0.4, 0.5) is 0 Å². The van der Waals surface area contributed by atoms with E-state index in [1.54, 1.807) is 0 Å². The van der Waals surface area contributed by atoms with Gasteiger partial charge < -0.3 is 10.1 Å². The molecule has 3 aromatic rings. The maximum Gasteiger partial charge on any atom is 0.0727 e. The molecule has 4 rings (SSSR count). The molecule has 1 aliphatic heterocycles. The fraction of sp³-hybridized carbons (Fsp3) is 0.318. The Labute approximate surface area is 154 Å². The summed E-state index contributed by atoms with van der Waals surface area (Å²) in [6.07, 6.45) is 1.42. The average molecular weight is 347 g/mol. The van der Waals surface area contributed by atoms with Crippen LogP contribution >= 0.6 is 0 Å². The highest BCUT2D eigenvalue weighted by molar-refractivity contribution is 5.69. The number of ether oxygens (including phenoxy) is 1. The van der Waals surface area contributed by atoms with Crippen LogP contribution in [0.1, 0.15) is 23.4 Å². The summed E-state index contributed by atoms with van der Waals surface area (Å²) < 4.78 is 8.11. The zero-order valence-corrected chi connectivity index (χ0v) is 15.4. The molecule has 4 nitrogen and oxygen atoms in total. The molecule has 134 valence electrons. The van der Waals surface area contributed by atoms with Crippen molar-refractivity contribution >= 4 is 0 Å². The smallest absolute Gasteiger partial charge is 0.0727 e. The van der Waals surface area contributed by atoms with Gasteiger partial charge in [0.25, 0.3) is 0 Å². The summed E-state index contributed by atoms with van der Waals surface area (Å²) in [4.78, 5) is 0. The topological polar surface area (TPSA) is 39.1 Å². The molecule has 0 amide bonds. The molecule has 1 aliphatic rings. The van der Waals surface area contributed by atoms with E-state index in [-0.39, 0.29) is 0 Å². The van der Waals surface area contributed by atoms with E-state index < -0.39 is 0 Å². The molecule has 2 heterocycles. The van der Waals surface area contributed by atoms with Crippen molar-refractivity contribution in [2.45, 2.75) is 33.0 Å². The van der Waals surface area contributed by atoms with E-state index in [9.17, 15) is 0 Å². The molecule has 0 saturated carbocycles. The molecule has 0 radical (unpaired) electrons. The molecule has 1 aromatic heterocycles. The Morgan fingerprint density at radius 3 is 2.77 bits per heavy atom. The highest BCUT2D eigenvalue weighted by Crippen LogP contribution is 2.27. The van der Waals surface area contributed by atoms with Crippen molar-refractivity contribution in [2.75, 3.05) is 13.1 Å². The van der Waals surface area contributed by atoms with Gasteiger partial charge in [-0.15, -0.1) is 0 Å². The van der Waals surface area contributed by atoms with Crippen LogP contribution in [-0.4, -0.2) is 29.0 Å². The number of hydrogen-bond donors (Lipinski definition) is 1. The minimum atomic E-state index is 0.323. The molecule has 4 heteroatoms. The van der Waals surface area contributed by atoms with Gasteiger partial charge in [-0.05, 0) is 61.7 Å². The van der Waals surface area contributed by atoms with E-state index in [0.29, 0.717) is 12.7 Å². The highest BCUT2D eigenvalue weighted by Gasteiger charge is 2.16. The van der Waals surface area contributed by atoms with Crippen molar-refractivity contribution in [3.63, 3.8) is 0 Å². The molecular weight excluding hydrogens is 322 g/mol. The molecule has 0 aliphatic carbocycles. The van der Waals surface area contributed by atoms with Crippen LogP contribution in [0.2, 0.25) is 0 Å². The molecular formula is C22H25N3O. The minimum Gasteiger partial charge on any atom is -0.372 e. The first-order chi connectivity index (χ1) is 12.7. The van der Waals surface area contributed by atoms with Crippen LogP contribution in [0, 0.1) is 13.8 Å². The van der Waals surface area contributed by atoms with Crippen molar-refractivity contribution < 1.29 is 4.74 Å². The Hall–Kier alpha value is -2.43. The highest BCUT2D eigenvalue weighted by atomic mass is 16.5. The number of nitrogens with zero attached hydrogens (tertiary/aromatic N) is 2. The number of benzene rings is 2. The van der Waals surface area contributed by atoms with E-state index in [4.69, 9.17) is 4.74 Å². The fourth-order valence-electron chi connectivity index (χ4n) is 3.60. The van der Waals surface area contributed by atoms with Gasteiger partial charge in [-0.2, -0.15) is 5.10 Å². The average Bonchev–Trinajstić information content (AvgIpc) is 3.29. The second-order valence-electron chi connectivity index (χ2n) is 6.97. The van der Waals surface area contributed by atoms with E-state index in [1.807, 2.05) is 11.6 Å². The third-order valence-corrected chi connectivity index (χ3v) is 4.92. The van der Waals surface area contributed by atoms with Crippen LogP contribution in [0.15, 0.2) is 54.6 Å². The van der Waals surface area contributed by atoms with Gasteiger partial charge in [-0.25, -0.2) is 4.68 Å². The zero-order chi connectivity index (χ0) is 17.9. The van der Waals surface area contributed by atoms with Gasteiger partial charge in [-0.3, -0.25) is 0 Å². The van der Waals surface area contributed by atoms with Crippen molar-refractivity contribution in [3.8, 4) is 16.8 Å². The van der Waals surface area contributed by atoms with Crippen LogP contribution in [0.5, 0.6) is 0 Å². The summed E-state index contributed by atoms with van der Waals surface area (Å²) >= 11 is 0. The van der Waals surface area contributed by atoms with Gasteiger partial charge in [0.2, 0.25) is 0 Å². The van der Waals surface area contributed by atoms with Crippen LogP contribution in [0.25, 0.3) is 16.8 Å². The first kappa shape index (κ1) is 17.0. The maximum absolute atomic E-state index is 6.11. The Balaban J connectivity index is 1.63. The Bertz CT molecular complexity index is 894. The molecule has 26 heavy (non-hydrogen) atoms. The van der Waals surface area contributed by atoms with Crippen LogP contribution in [0.3, 0.4) is 0 Å². The van der Waals surface area contributed by atoms with E-state index >= 15 is 0 Å². The third kappa shape index (κ3) is 3.57. The molecule has 0 spiro atoms. The van der Waals surface area contributed by atoms with E-state index in [2.05, 4.69) is 71.9 Å². The Morgan fingerprint density at radius 2 is 2.00 bits per heavy atom. The lowest BCUT2D eigenvalue weighted by molar-refractivity contribution is 0.0545. The lowest BCUT2D eigenvalue weighted by atomic mass is 9.99. The predicted molar refractivity (Wildman–Crippen MR) is 105 cm³/mol. The summed E-state index contributed by atoms with van der Waals surface area (Å²) in [6, 6.07) is 19.2. The number of rotatable bonds is 5. The fourth-order valence-corrected chi connectivity index (χ4v) is 3.60. The lowest BCUT2D eigenvalue weighted by Crippen LogP contribution is -2.16. The van der Waals surface area contributed by atoms with Gasteiger partial charge in [0.05, 0.1) is 24.1 Å². The third-order valence-electron chi connectivity index (χ3n) is 4.92. The second kappa shape index (κ2) is 7.44. The van der Waals surface area contributed by atoms with Gasteiger partial charge >= 0.3 is 0 Å². The number of aryl methyl sites for hydroxylation is 2. The summed E-state index contributed by atoms with van der Waals surface area (Å²) in [7, 11) is 0. The first-order valence-electron chi connectivity index (χ1n) is 9.25. The Morgan fingerprint density at radius 1 is 1.12 bits per heavy atom. The first-order valence-corrected chi connectivity index (χ1v) is 9.25. The SMILES string of the molecule is Cc1cc(C)n(-c2cccc(-c3ccccc3COC3CCNC3)c2)n1. The monoisotopic (exact) mass is 347 g/mol. The van der Waals surface area contributed by atoms with Crippen LogP contribution < -0.4 is 5.32 Å². The molecule has 1 fully saturated rings. The van der Waals surface area contributed by atoms with E-state index in [1.165, 1.54) is 16.7 Å². The molecule has 1 atom stereocenters. The standard InChI is InChI=1S/C22H25N3O/c1-16-12-17(2)25(24-16)20-8-5-7-18(13-20)22-9-4-3-6-19(22)15-26-21-10-11-23-14-21/h3-9,12-13,21,23H,10-11,14-15H2,1-2H3. The summed E-state index contributed by atoms with van der Waals surface area (Å²) in [5.74, 6) is 0. The summed E-state index contributed by atoms with van der Waals surface area (Å²) in [5.41, 5.74) is 6.91. The molecule has 1 unspecified atom stereocenters. The number of nitrogens with one attached hydrogen (secondary N) is 1. The number of hydrogen-bond acceptors (Lipinski definition) is 3. The van der Waals surface area contributed by atoms with Crippen LogP contribution in [-0.2, 0) is 11.3 Å². The molecule has 1 N–H and O–H groups in total. The van der Waals surface area contributed by atoms with Crippen molar-refractivity contribution in [1.82, 2.24) is 15.1 Å². The van der Waals surface area contributed by atoms with Crippen molar-refractivity contribution in [2.24, 2.45) is 0 Å². The normalized spacial score (nSPS) is 16.9. The quantitative estimate of drug-likeness (QED) is 0.757. The van der Waals surface area contributed by atoms with Gasteiger partial charge in [0.15, 0.2) is 0 Å². The largest absolute Gasteiger partial charge is 0.372 e. The van der Waals surface area contributed by atoms with Crippen molar-refractivity contribution in [1.29, 1.82) is 0 Å². The molecule has 1 saturated heterocycles. The zero-order valence-electron chi connectivity index (χ0n) is 15.4. The molecule has 2 aromatic carbocycles. The second-order valence-corrected chi connectivity index (χ2v) is 6.97. The van der Waals surface area contributed by atoms with Gasteiger partial charge in [0.1, 0.15) is 0 Å². The minimum absolute atomic E-state index is 0.323. The number of aromatic nitrogens is 2. The van der Waals surface area contributed by atoms with Crippen molar-refractivity contribution in [3.05, 3.63) is 71.5 Å². The summed E-state index contributed by atoms with van der Waals surface area (Å²) in [5, 5.41) is 7.96. The summed E-state index contributed by atoms with van der Waals surface area (Å²) in [6.45, 7) is 6.77. The Kier molecular flexibility index (Phi) is 4.87. The lowest BCUT2D eigenvalue weighted by Gasteiger charge is -2.15.